The molecule has 0 aliphatic rings. The summed E-state index contributed by atoms with van der Waals surface area (Å²) in [5, 5.41) is 6.14. The number of carbonyl (C=O) groups excluding carboxylic acids is 2. The highest BCUT2D eigenvalue weighted by molar-refractivity contribution is 6.37. The number of hydrogen-bond acceptors (Lipinski definition) is 4. The van der Waals surface area contributed by atoms with E-state index in [0.29, 0.717) is 10.1 Å². The molecule has 33 heavy (non-hydrogen) atoms. The first-order valence-corrected chi connectivity index (χ1v) is 10.2. The molecule has 0 fully saturated rings. The molecule has 6 nitrogen and oxygen atoms in total. The molecule has 0 bridgehead atoms. The highest BCUT2D eigenvalue weighted by atomic mass is 35.5. The van der Waals surface area contributed by atoms with Crippen molar-refractivity contribution in [2.75, 3.05) is 5.32 Å². The third-order valence-electron chi connectivity index (χ3n) is 4.68. The van der Waals surface area contributed by atoms with Crippen molar-refractivity contribution in [1.29, 1.82) is 0 Å². The number of halogens is 5. The third kappa shape index (κ3) is 4.42. The van der Waals surface area contributed by atoms with E-state index in [4.69, 9.17) is 23.2 Å². The zero-order chi connectivity index (χ0) is 23.9. The zero-order valence-corrected chi connectivity index (χ0v) is 18.3. The number of nitrogens with zero attached hydrogens (tertiary/aromatic N) is 3. The first-order valence-electron chi connectivity index (χ1n) is 9.40. The van der Waals surface area contributed by atoms with Crippen LogP contribution in [0.2, 0.25) is 10.0 Å². The van der Waals surface area contributed by atoms with Gasteiger partial charge in [0.1, 0.15) is 10.7 Å². The second kappa shape index (κ2) is 8.49. The molecule has 4 rings (SSSR count). The Labute approximate surface area is 195 Å². The number of ketones is 1. The smallest absolute Gasteiger partial charge is 0.320 e. The fourth-order valence-electron chi connectivity index (χ4n) is 3.20. The number of rotatable bonds is 4. The molecule has 1 N–H and O–H groups in total. The summed E-state index contributed by atoms with van der Waals surface area (Å²) >= 11 is 12.2. The Morgan fingerprint density at radius 1 is 1.03 bits per heavy atom. The molecule has 2 aromatic heterocycles. The largest absolute Gasteiger partial charge is 0.433 e. The molecule has 0 aliphatic carbocycles. The number of nitrogens with one attached hydrogen (secondary N) is 1. The van der Waals surface area contributed by atoms with Crippen molar-refractivity contribution in [2.45, 2.75) is 13.1 Å². The fourth-order valence-corrected chi connectivity index (χ4v) is 3.62. The molecule has 0 radical (unpaired) electrons. The number of hydrogen-bond donors (Lipinski definition) is 1. The summed E-state index contributed by atoms with van der Waals surface area (Å²) in [6.45, 7) is 1.37. The molecule has 168 valence electrons. The minimum atomic E-state index is -4.75. The van der Waals surface area contributed by atoms with Gasteiger partial charge in [-0.2, -0.15) is 18.3 Å². The van der Waals surface area contributed by atoms with Crippen LogP contribution in [0.25, 0.3) is 5.65 Å². The first-order chi connectivity index (χ1) is 15.6. The van der Waals surface area contributed by atoms with Crippen molar-refractivity contribution in [3.63, 3.8) is 0 Å². The van der Waals surface area contributed by atoms with Crippen molar-refractivity contribution in [2.24, 2.45) is 0 Å². The predicted octanol–water partition coefficient (Wildman–Crippen LogP) is 5.85. The van der Waals surface area contributed by atoms with E-state index in [1.165, 1.54) is 25.1 Å². The van der Waals surface area contributed by atoms with Gasteiger partial charge in [-0.05, 0) is 31.2 Å². The Bertz CT molecular complexity index is 1400. The lowest BCUT2D eigenvalue weighted by Crippen LogP contribution is -2.17. The quantitative estimate of drug-likeness (QED) is 0.362. The molecule has 1 amide bonds. The van der Waals surface area contributed by atoms with Gasteiger partial charge in [0.15, 0.2) is 17.1 Å². The van der Waals surface area contributed by atoms with Crippen LogP contribution in [0.5, 0.6) is 0 Å². The van der Waals surface area contributed by atoms with Crippen LogP contribution in [0.4, 0.5) is 18.9 Å². The number of aromatic nitrogens is 3. The van der Waals surface area contributed by atoms with Gasteiger partial charge in [0.2, 0.25) is 0 Å². The average molecular weight is 493 g/mol. The second-order valence-corrected chi connectivity index (χ2v) is 7.83. The molecular weight excluding hydrogens is 480 g/mol. The zero-order valence-electron chi connectivity index (χ0n) is 16.7. The Kier molecular flexibility index (Phi) is 5.85. The van der Waals surface area contributed by atoms with Crippen LogP contribution < -0.4 is 5.32 Å². The van der Waals surface area contributed by atoms with E-state index in [-0.39, 0.29) is 32.6 Å². The van der Waals surface area contributed by atoms with Crippen molar-refractivity contribution in [3.8, 4) is 0 Å². The SMILES string of the molecule is Cc1cc(C(F)(F)F)n2nc(C(=O)Nc3ccc(Cl)cc3C(=O)c3ccccc3)c(Cl)c2n1. The molecule has 11 heteroatoms. The summed E-state index contributed by atoms with van der Waals surface area (Å²) in [4.78, 5) is 29.8. The minimum absolute atomic E-state index is 0.0528. The van der Waals surface area contributed by atoms with Gasteiger partial charge >= 0.3 is 6.18 Å². The van der Waals surface area contributed by atoms with Crippen molar-refractivity contribution >= 4 is 46.2 Å². The molecule has 4 aromatic rings. The van der Waals surface area contributed by atoms with Crippen LogP contribution in [0.3, 0.4) is 0 Å². The van der Waals surface area contributed by atoms with E-state index in [1.54, 1.807) is 30.3 Å². The van der Waals surface area contributed by atoms with Gasteiger partial charge in [-0.25, -0.2) is 9.50 Å². The van der Waals surface area contributed by atoms with Crippen LogP contribution in [0, 0.1) is 6.92 Å². The topological polar surface area (TPSA) is 76.4 Å². The Morgan fingerprint density at radius 3 is 2.39 bits per heavy atom. The Hall–Kier alpha value is -3.43. The Balaban J connectivity index is 1.76. The van der Waals surface area contributed by atoms with Crippen LogP contribution in [-0.2, 0) is 6.18 Å². The molecule has 2 aromatic carbocycles. The molecule has 0 saturated heterocycles. The molecule has 2 heterocycles. The van der Waals surface area contributed by atoms with Gasteiger partial charge in [0.25, 0.3) is 5.91 Å². The molecular formula is C22H13Cl2F3N4O2. The summed E-state index contributed by atoms with van der Waals surface area (Å²) in [5.41, 5.74) is -1.33. The van der Waals surface area contributed by atoms with E-state index >= 15 is 0 Å². The maximum Gasteiger partial charge on any atom is 0.433 e. The minimum Gasteiger partial charge on any atom is -0.320 e. The number of alkyl halides is 3. The van der Waals surface area contributed by atoms with E-state index in [9.17, 15) is 22.8 Å². The average Bonchev–Trinajstić information content (AvgIpc) is 3.10. The van der Waals surface area contributed by atoms with Gasteiger partial charge in [0.05, 0.1) is 5.69 Å². The van der Waals surface area contributed by atoms with E-state index < -0.39 is 29.3 Å². The number of amides is 1. The summed E-state index contributed by atoms with van der Waals surface area (Å²) in [6, 6.07) is 13.3. The normalized spacial score (nSPS) is 11.6. The van der Waals surface area contributed by atoms with Gasteiger partial charge in [0, 0.05) is 21.8 Å². The summed E-state index contributed by atoms with van der Waals surface area (Å²) in [7, 11) is 0. The van der Waals surface area contributed by atoms with Crippen molar-refractivity contribution < 1.29 is 22.8 Å². The Morgan fingerprint density at radius 2 is 1.73 bits per heavy atom. The lowest BCUT2D eigenvalue weighted by Gasteiger charge is -2.10. The number of aryl methyl sites for hydroxylation is 1. The molecule has 0 aliphatic heterocycles. The summed E-state index contributed by atoms with van der Waals surface area (Å²) in [5.74, 6) is -1.33. The lowest BCUT2D eigenvalue weighted by atomic mass is 10.0. The standard InChI is InChI=1S/C22H13Cl2F3N4O2/c1-11-9-16(22(25,26)27)31-20(28-11)17(24)18(30-31)21(33)29-15-8-7-13(23)10-14(15)19(32)12-5-3-2-4-6-12/h2-10H,1H3,(H,29,33). The summed E-state index contributed by atoms with van der Waals surface area (Å²) < 4.78 is 40.8. The fraction of sp³-hybridized carbons (Fsp3) is 0.0909. The van der Waals surface area contributed by atoms with Gasteiger partial charge in [-0.1, -0.05) is 53.5 Å². The van der Waals surface area contributed by atoms with Crippen molar-refractivity contribution in [3.05, 3.63) is 92.9 Å². The van der Waals surface area contributed by atoms with Gasteiger partial charge in [-0.3, -0.25) is 9.59 Å². The maximum atomic E-state index is 13.4. The highest BCUT2D eigenvalue weighted by Gasteiger charge is 2.36. The number of anilines is 1. The second-order valence-electron chi connectivity index (χ2n) is 7.02. The third-order valence-corrected chi connectivity index (χ3v) is 5.26. The van der Waals surface area contributed by atoms with Crippen LogP contribution >= 0.6 is 23.2 Å². The van der Waals surface area contributed by atoms with E-state index in [2.05, 4.69) is 15.4 Å². The molecule has 0 unspecified atom stereocenters. The van der Waals surface area contributed by atoms with E-state index in [0.717, 1.165) is 6.07 Å². The predicted molar refractivity (Wildman–Crippen MR) is 117 cm³/mol. The number of fused-ring (bicyclic) bond motifs is 1. The number of carbonyl (C=O) groups is 2. The van der Waals surface area contributed by atoms with E-state index in [1.807, 2.05) is 0 Å². The highest BCUT2D eigenvalue weighted by Crippen LogP contribution is 2.33. The van der Waals surface area contributed by atoms with Crippen LogP contribution in [-0.4, -0.2) is 26.3 Å². The summed E-state index contributed by atoms with van der Waals surface area (Å²) in [6.07, 6.45) is -4.75. The lowest BCUT2D eigenvalue weighted by molar-refractivity contribution is -0.142. The number of benzene rings is 2. The molecule has 0 saturated carbocycles. The van der Waals surface area contributed by atoms with Gasteiger partial charge in [-0.15, -0.1) is 0 Å². The molecule has 0 spiro atoms. The first kappa shape index (κ1) is 22.8. The monoisotopic (exact) mass is 492 g/mol. The van der Waals surface area contributed by atoms with Crippen molar-refractivity contribution in [1.82, 2.24) is 14.6 Å². The molecule has 0 atom stereocenters. The maximum absolute atomic E-state index is 13.4. The van der Waals surface area contributed by atoms with Gasteiger partial charge < -0.3 is 5.32 Å². The van der Waals surface area contributed by atoms with Crippen LogP contribution in [0.15, 0.2) is 54.6 Å². The van der Waals surface area contributed by atoms with Crippen LogP contribution in [0.1, 0.15) is 37.8 Å².